The number of aliphatic hydroxyl groups excluding tert-OH is 1. The van der Waals surface area contributed by atoms with E-state index in [2.05, 4.69) is 20.8 Å². The van der Waals surface area contributed by atoms with Gasteiger partial charge in [-0.15, -0.1) is 0 Å². The molecule has 0 bridgehead atoms. The summed E-state index contributed by atoms with van der Waals surface area (Å²) in [5.41, 5.74) is -0.0508. The summed E-state index contributed by atoms with van der Waals surface area (Å²) in [4.78, 5) is 11.5. The molecule has 0 radical (unpaired) electrons. The monoisotopic (exact) mass is 258 g/mol. The lowest BCUT2D eigenvalue weighted by Crippen LogP contribution is -2.31. The Hall–Kier alpha value is -0.570. The standard InChI is InChI=1S/C15H30O3/c1-14(2,3)11-9-7-8-10-12(16)18-13(17)15(4,5)6/h13,17H,7-11H2,1-6H3. The summed E-state index contributed by atoms with van der Waals surface area (Å²) in [7, 11) is 0. The number of carbonyl (C=O) groups excluding carboxylic acids is 1. The lowest BCUT2D eigenvalue weighted by Gasteiger charge is -2.25. The van der Waals surface area contributed by atoms with Crippen LogP contribution in [0, 0.1) is 10.8 Å². The number of rotatable bonds is 6. The van der Waals surface area contributed by atoms with E-state index >= 15 is 0 Å². The van der Waals surface area contributed by atoms with Crippen LogP contribution in [0.3, 0.4) is 0 Å². The highest BCUT2D eigenvalue weighted by Gasteiger charge is 2.25. The number of hydrogen-bond donors (Lipinski definition) is 1. The maximum absolute atomic E-state index is 11.5. The molecule has 18 heavy (non-hydrogen) atoms. The van der Waals surface area contributed by atoms with Crippen LogP contribution in [0.4, 0.5) is 0 Å². The second-order valence-corrected chi connectivity index (χ2v) is 7.33. The van der Waals surface area contributed by atoms with Crippen molar-refractivity contribution in [2.24, 2.45) is 10.8 Å². The maximum atomic E-state index is 11.5. The second kappa shape index (κ2) is 7.13. The molecule has 0 spiro atoms. The van der Waals surface area contributed by atoms with Crippen molar-refractivity contribution in [2.45, 2.75) is 79.9 Å². The van der Waals surface area contributed by atoms with Gasteiger partial charge in [0.25, 0.3) is 0 Å². The van der Waals surface area contributed by atoms with Crippen LogP contribution in [0.15, 0.2) is 0 Å². The van der Waals surface area contributed by atoms with Gasteiger partial charge in [-0.05, 0) is 18.3 Å². The zero-order chi connectivity index (χ0) is 14.4. The number of esters is 1. The first kappa shape index (κ1) is 17.4. The van der Waals surface area contributed by atoms with E-state index in [0.717, 1.165) is 19.3 Å². The van der Waals surface area contributed by atoms with Gasteiger partial charge in [0, 0.05) is 11.8 Å². The Morgan fingerprint density at radius 2 is 1.61 bits per heavy atom. The lowest BCUT2D eigenvalue weighted by atomic mass is 9.89. The minimum Gasteiger partial charge on any atom is -0.435 e. The van der Waals surface area contributed by atoms with Gasteiger partial charge >= 0.3 is 5.97 Å². The van der Waals surface area contributed by atoms with Crippen LogP contribution < -0.4 is 0 Å². The Morgan fingerprint density at radius 3 is 2.06 bits per heavy atom. The van der Waals surface area contributed by atoms with E-state index in [0.29, 0.717) is 11.8 Å². The minimum absolute atomic E-state index is 0.298. The largest absolute Gasteiger partial charge is 0.435 e. The van der Waals surface area contributed by atoms with Crippen LogP contribution in [0.1, 0.15) is 73.6 Å². The van der Waals surface area contributed by atoms with E-state index in [1.54, 1.807) is 0 Å². The highest BCUT2D eigenvalue weighted by Crippen LogP contribution is 2.23. The molecule has 0 fully saturated rings. The topological polar surface area (TPSA) is 46.5 Å². The van der Waals surface area contributed by atoms with Crippen molar-refractivity contribution in [3.8, 4) is 0 Å². The average Bonchev–Trinajstić information content (AvgIpc) is 2.13. The fraction of sp³-hybridized carbons (Fsp3) is 0.933. The van der Waals surface area contributed by atoms with Crippen molar-refractivity contribution in [1.82, 2.24) is 0 Å². The highest BCUT2D eigenvalue weighted by atomic mass is 16.6. The summed E-state index contributed by atoms with van der Waals surface area (Å²) in [6.07, 6.45) is 3.58. The molecule has 3 nitrogen and oxygen atoms in total. The van der Waals surface area contributed by atoms with Crippen LogP contribution in [0.2, 0.25) is 0 Å². The predicted octanol–water partition coefficient (Wildman–Crippen LogP) is 3.89. The van der Waals surface area contributed by atoms with E-state index < -0.39 is 11.7 Å². The van der Waals surface area contributed by atoms with Gasteiger partial charge in [0.15, 0.2) is 0 Å². The van der Waals surface area contributed by atoms with Crippen molar-refractivity contribution >= 4 is 5.97 Å². The number of aliphatic hydroxyl groups is 1. The summed E-state index contributed by atoms with van der Waals surface area (Å²) in [6.45, 7) is 12.2. The Morgan fingerprint density at radius 1 is 1.06 bits per heavy atom. The van der Waals surface area contributed by atoms with Crippen molar-refractivity contribution in [2.75, 3.05) is 0 Å². The van der Waals surface area contributed by atoms with E-state index in [9.17, 15) is 9.90 Å². The molecule has 0 aromatic carbocycles. The average molecular weight is 258 g/mol. The number of ether oxygens (including phenoxy) is 1. The molecule has 0 aliphatic heterocycles. The molecule has 0 aromatic heterocycles. The van der Waals surface area contributed by atoms with Crippen molar-refractivity contribution in [1.29, 1.82) is 0 Å². The van der Waals surface area contributed by atoms with Gasteiger partial charge in [0.2, 0.25) is 6.29 Å². The van der Waals surface area contributed by atoms with Gasteiger partial charge in [-0.3, -0.25) is 4.79 Å². The summed E-state index contributed by atoms with van der Waals surface area (Å²) < 4.78 is 4.98. The van der Waals surface area contributed by atoms with Crippen molar-refractivity contribution < 1.29 is 14.6 Å². The summed E-state index contributed by atoms with van der Waals surface area (Å²) >= 11 is 0. The third-order valence-corrected chi connectivity index (χ3v) is 2.79. The van der Waals surface area contributed by atoms with Crippen LogP contribution >= 0.6 is 0 Å². The highest BCUT2D eigenvalue weighted by molar-refractivity contribution is 5.69. The molecular formula is C15H30O3. The fourth-order valence-corrected chi connectivity index (χ4v) is 1.46. The van der Waals surface area contributed by atoms with Crippen molar-refractivity contribution in [3.05, 3.63) is 0 Å². The summed E-state index contributed by atoms with van der Waals surface area (Å²) in [6, 6.07) is 0. The third-order valence-electron chi connectivity index (χ3n) is 2.79. The summed E-state index contributed by atoms with van der Waals surface area (Å²) in [5.74, 6) is -0.298. The zero-order valence-electron chi connectivity index (χ0n) is 12.9. The fourth-order valence-electron chi connectivity index (χ4n) is 1.46. The van der Waals surface area contributed by atoms with Gasteiger partial charge in [-0.1, -0.05) is 54.4 Å². The van der Waals surface area contributed by atoms with Gasteiger partial charge in [0.1, 0.15) is 0 Å². The smallest absolute Gasteiger partial charge is 0.308 e. The van der Waals surface area contributed by atoms with Gasteiger partial charge in [-0.25, -0.2) is 0 Å². The van der Waals surface area contributed by atoms with Crippen LogP contribution in [-0.2, 0) is 9.53 Å². The molecule has 108 valence electrons. The Labute approximate surface area is 112 Å². The van der Waals surface area contributed by atoms with E-state index in [-0.39, 0.29) is 5.97 Å². The molecule has 0 saturated carbocycles. The van der Waals surface area contributed by atoms with Crippen LogP contribution in [0.25, 0.3) is 0 Å². The van der Waals surface area contributed by atoms with Gasteiger partial charge in [-0.2, -0.15) is 0 Å². The molecule has 1 atom stereocenters. The second-order valence-electron chi connectivity index (χ2n) is 7.33. The molecule has 0 aliphatic rings. The maximum Gasteiger partial charge on any atom is 0.308 e. The third kappa shape index (κ3) is 9.46. The Bertz CT molecular complexity index is 245. The predicted molar refractivity (Wildman–Crippen MR) is 74.1 cm³/mol. The zero-order valence-corrected chi connectivity index (χ0v) is 12.9. The number of carbonyl (C=O) groups is 1. The van der Waals surface area contributed by atoms with Crippen molar-refractivity contribution in [3.63, 3.8) is 0 Å². The molecular weight excluding hydrogens is 228 g/mol. The molecule has 0 saturated heterocycles. The number of hydrogen-bond acceptors (Lipinski definition) is 3. The first-order chi connectivity index (χ1) is 8.02. The van der Waals surface area contributed by atoms with E-state index in [1.807, 2.05) is 20.8 Å². The molecule has 0 amide bonds. The summed E-state index contributed by atoms with van der Waals surface area (Å²) in [5, 5.41) is 9.62. The minimum atomic E-state index is -1.01. The molecule has 1 unspecified atom stereocenters. The SMILES string of the molecule is CC(C)(C)CCCCCC(=O)OC(O)C(C)(C)C. The Kier molecular flexibility index (Phi) is 6.90. The first-order valence-electron chi connectivity index (χ1n) is 6.90. The van der Waals surface area contributed by atoms with Gasteiger partial charge in [0.05, 0.1) is 0 Å². The van der Waals surface area contributed by atoms with Crippen LogP contribution in [-0.4, -0.2) is 17.4 Å². The first-order valence-corrected chi connectivity index (χ1v) is 6.90. The molecule has 0 aromatic rings. The molecule has 0 rings (SSSR count). The van der Waals surface area contributed by atoms with E-state index in [1.165, 1.54) is 6.42 Å². The molecule has 0 aliphatic carbocycles. The van der Waals surface area contributed by atoms with Crippen LogP contribution in [0.5, 0.6) is 0 Å². The normalized spacial score (nSPS) is 14.4. The molecule has 3 heteroatoms. The molecule has 0 heterocycles. The lowest BCUT2D eigenvalue weighted by molar-refractivity contribution is -0.186. The molecule has 1 N–H and O–H groups in total. The number of unbranched alkanes of at least 4 members (excludes halogenated alkanes) is 2. The quantitative estimate of drug-likeness (QED) is 0.446. The van der Waals surface area contributed by atoms with E-state index in [4.69, 9.17) is 4.74 Å². The van der Waals surface area contributed by atoms with Gasteiger partial charge < -0.3 is 9.84 Å². The Balaban J connectivity index is 3.67.